The fourth-order valence-electron chi connectivity index (χ4n) is 2.04. The number of carbonyl (C=O) groups excluding carboxylic acids is 1. The van der Waals surface area contributed by atoms with E-state index in [1.807, 2.05) is 19.9 Å². The van der Waals surface area contributed by atoms with Gasteiger partial charge in [-0.3, -0.25) is 4.79 Å². The molecule has 20 heavy (non-hydrogen) atoms. The molecule has 4 nitrogen and oxygen atoms in total. The molecule has 2 N–H and O–H groups in total. The first kappa shape index (κ1) is 16.7. The Morgan fingerprint density at radius 2 is 2.05 bits per heavy atom. The van der Waals surface area contributed by atoms with E-state index in [1.54, 1.807) is 0 Å². The predicted molar refractivity (Wildman–Crippen MR) is 81.5 cm³/mol. The first-order valence-electron chi connectivity index (χ1n) is 7.12. The van der Waals surface area contributed by atoms with Crippen molar-refractivity contribution in [1.82, 2.24) is 5.32 Å². The maximum Gasteiger partial charge on any atom is 0.326 e. The van der Waals surface area contributed by atoms with Crippen LogP contribution in [0.2, 0.25) is 0 Å². The topological polar surface area (TPSA) is 66.4 Å². The maximum absolute atomic E-state index is 12.1. The van der Waals surface area contributed by atoms with Gasteiger partial charge in [0.25, 0.3) is 5.91 Å². The Hall–Kier alpha value is -1.36. The molecule has 0 saturated carbocycles. The molecule has 0 bridgehead atoms. The van der Waals surface area contributed by atoms with E-state index in [9.17, 15) is 9.59 Å². The molecule has 0 aliphatic carbocycles. The van der Waals surface area contributed by atoms with Gasteiger partial charge in [-0.05, 0) is 31.4 Å². The average molecular weight is 297 g/mol. The summed E-state index contributed by atoms with van der Waals surface area (Å²) < 4.78 is 0. The summed E-state index contributed by atoms with van der Waals surface area (Å²) in [6.45, 7) is 6.10. The van der Waals surface area contributed by atoms with Gasteiger partial charge in [-0.25, -0.2) is 4.79 Å². The highest BCUT2D eigenvalue weighted by Gasteiger charge is 2.21. The van der Waals surface area contributed by atoms with Crippen molar-refractivity contribution in [2.75, 3.05) is 0 Å². The molecule has 0 radical (unpaired) electrons. The Labute approximate surface area is 124 Å². The zero-order chi connectivity index (χ0) is 15.1. The van der Waals surface area contributed by atoms with Crippen LogP contribution in [0.3, 0.4) is 0 Å². The van der Waals surface area contributed by atoms with Crippen LogP contribution < -0.4 is 5.32 Å². The molecular weight excluding hydrogens is 274 g/mol. The first-order valence-corrected chi connectivity index (χ1v) is 7.94. The summed E-state index contributed by atoms with van der Waals surface area (Å²) in [5.74, 6) is -1.24. The number of thiophene rings is 1. The molecule has 0 fully saturated rings. The van der Waals surface area contributed by atoms with Crippen LogP contribution in [0.1, 0.15) is 59.6 Å². The number of unbranched alkanes of at least 4 members (excludes halogenated alkanes) is 1. The summed E-state index contributed by atoms with van der Waals surface area (Å²) in [6.07, 6.45) is 4.17. The third kappa shape index (κ3) is 4.63. The lowest BCUT2D eigenvalue weighted by atomic mass is 10.1. The van der Waals surface area contributed by atoms with Crippen molar-refractivity contribution in [3.05, 3.63) is 21.4 Å². The van der Waals surface area contributed by atoms with E-state index in [-0.39, 0.29) is 5.91 Å². The van der Waals surface area contributed by atoms with Gasteiger partial charge in [-0.15, -0.1) is 11.3 Å². The van der Waals surface area contributed by atoms with E-state index in [2.05, 4.69) is 12.2 Å². The number of amides is 1. The minimum atomic E-state index is -0.964. The molecule has 5 heteroatoms. The number of rotatable bonds is 8. The van der Waals surface area contributed by atoms with Crippen molar-refractivity contribution in [3.63, 3.8) is 0 Å². The van der Waals surface area contributed by atoms with Gasteiger partial charge in [-0.2, -0.15) is 0 Å². The molecule has 0 saturated heterocycles. The van der Waals surface area contributed by atoms with Crippen LogP contribution in [0.4, 0.5) is 0 Å². The number of carboxylic acids is 1. The molecule has 1 unspecified atom stereocenters. The van der Waals surface area contributed by atoms with E-state index in [4.69, 9.17) is 5.11 Å². The smallest absolute Gasteiger partial charge is 0.326 e. The molecule has 0 aliphatic rings. The largest absolute Gasteiger partial charge is 0.480 e. The second-order valence-corrected chi connectivity index (χ2v) is 6.20. The zero-order valence-corrected chi connectivity index (χ0v) is 13.2. The van der Waals surface area contributed by atoms with Crippen molar-refractivity contribution in [1.29, 1.82) is 0 Å². The lowest BCUT2D eigenvalue weighted by Crippen LogP contribution is -2.40. The minimum Gasteiger partial charge on any atom is -0.480 e. The summed E-state index contributed by atoms with van der Waals surface area (Å²) in [6, 6.07) is 1.09. The van der Waals surface area contributed by atoms with Crippen molar-refractivity contribution in [3.8, 4) is 0 Å². The van der Waals surface area contributed by atoms with Crippen molar-refractivity contribution >= 4 is 23.2 Å². The first-order chi connectivity index (χ1) is 9.49. The summed E-state index contributed by atoms with van der Waals surface area (Å²) in [4.78, 5) is 25.0. The molecule has 1 aromatic heterocycles. The number of carboxylic acid groups (broad SMARTS) is 1. The Morgan fingerprint density at radius 3 is 2.60 bits per heavy atom. The minimum absolute atomic E-state index is 0.274. The molecule has 1 heterocycles. The molecule has 1 amide bonds. The van der Waals surface area contributed by atoms with E-state index >= 15 is 0 Å². The summed E-state index contributed by atoms with van der Waals surface area (Å²) in [5, 5.41) is 11.8. The van der Waals surface area contributed by atoms with Crippen LogP contribution in [-0.2, 0) is 11.2 Å². The van der Waals surface area contributed by atoms with E-state index in [0.717, 1.165) is 30.6 Å². The normalized spacial score (nSPS) is 12.2. The van der Waals surface area contributed by atoms with Gasteiger partial charge in [0.2, 0.25) is 0 Å². The van der Waals surface area contributed by atoms with Crippen LogP contribution in [0.15, 0.2) is 6.07 Å². The zero-order valence-electron chi connectivity index (χ0n) is 12.4. The lowest BCUT2D eigenvalue weighted by Gasteiger charge is -2.13. The third-order valence-corrected chi connectivity index (χ3v) is 4.31. The summed E-state index contributed by atoms with van der Waals surface area (Å²) in [5.41, 5.74) is 1.18. The van der Waals surface area contributed by atoms with Gasteiger partial charge in [0, 0.05) is 4.88 Å². The highest BCUT2D eigenvalue weighted by molar-refractivity contribution is 7.14. The van der Waals surface area contributed by atoms with E-state index in [1.165, 1.54) is 16.9 Å². The molecule has 112 valence electrons. The molecule has 1 atom stereocenters. The van der Waals surface area contributed by atoms with Crippen molar-refractivity contribution < 1.29 is 14.7 Å². The number of nitrogens with one attached hydrogen (secondary N) is 1. The van der Waals surface area contributed by atoms with Gasteiger partial charge in [0.15, 0.2) is 0 Å². The standard InChI is InChI=1S/C15H23NO3S/c1-4-6-8-12(15(18)19)16-14(17)13-9-11(7-5-2)10(3)20-13/h9,12H,4-8H2,1-3H3,(H,16,17)(H,18,19). The number of aliphatic carboxylic acids is 1. The Kier molecular flexibility index (Phi) is 6.71. The molecule has 0 spiro atoms. The van der Waals surface area contributed by atoms with Gasteiger partial charge < -0.3 is 10.4 Å². The number of hydrogen-bond donors (Lipinski definition) is 2. The molecule has 0 aliphatic heterocycles. The highest BCUT2D eigenvalue weighted by Crippen LogP contribution is 2.23. The fraction of sp³-hybridized carbons (Fsp3) is 0.600. The molecule has 1 rings (SSSR count). The van der Waals surface area contributed by atoms with E-state index < -0.39 is 12.0 Å². The molecule has 0 aromatic carbocycles. The average Bonchev–Trinajstić information content (AvgIpc) is 2.76. The maximum atomic E-state index is 12.1. The summed E-state index contributed by atoms with van der Waals surface area (Å²) >= 11 is 1.43. The Balaban J connectivity index is 2.73. The number of hydrogen-bond acceptors (Lipinski definition) is 3. The number of carbonyl (C=O) groups is 2. The fourth-order valence-corrected chi connectivity index (χ4v) is 3.02. The van der Waals surface area contributed by atoms with Crippen molar-refractivity contribution in [2.45, 2.75) is 58.9 Å². The van der Waals surface area contributed by atoms with Crippen LogP contribution >= 0.6 is 11.3 Å². The van der Waals surface area contributed by atoms with Crippen LogP contribution in [0.25, 0.3) is 0 Å². The Bertz CT molecular complexity index is 468. The van der Waals surface area contributed by atoms with Gasteiger partial charge in [0.05, 0.1) is 4.88 Å². The van der Waals surface area contributed by atoms with Crippen LogP contribution in [0, 0.1) is 6.92 Å². The van der Waals surface area contributed by atoms with E-state index in [0.29, 0.717) is 11.3 Å². The third-order valence-electron chi connectivity index (χ3n) is 3.21. The summed E-state index contributed by atoms with van der Waals surface area (Å²) in [7, 11) is 0. The highest BCUT2D eigenvalue weighted by atomic mass is 32.1. The second kappa shape index (κ2) is 8.04. The number of aryl methyl sites for hydroxylation is 2. The van der Waals surface area contributed by atoms with Gasteiger partial charge in [-0.1, -0.05) is 33.1 Å². The van der Waals surface area contributed by atoms with Gasteiger partial charge >= 0.3 is 5.97 Å². The monoisotopic (exact) mass is 297 g/mol. The molecular formula is C15H23NO3S. The van der Waals surface area contributed by atoms with Crippen LogP contribution in [0.5, 0.6) is 0 Å². The van der Waals surface area contributed by atoms with Crippen LogP contribution in [-0.4, -0.2) is 23.0 Å². The lowest BCUT2D eigenvalue weighted by molar-refractivity contribution is -0.139. The second-order valence-electron chi connectivity index (χ2n) is 4.95. The van der Waals surface area contributed by atoms with Gasteiger partial charge in [0.1, 0.15) is 6.04 Å². The molecule has 1 aromatic rings. The predicted octanol–water partition coefficient (Wildman–Crippen LogP) is 3.38. The Morgan fingerprint density at radius 1 is 1.35 bits per heavy atom. The van der Waals surface area contributed by atoms with Crippen molar-refractivity contribution in [2.24, 2.45) is 0 Å². The quantitative estimate of drug-likeness (QED) is 0.773. The SMILES string of the molecule is CCCCC(NC(=O)c1cc(CCC)c(C)s1)C(=O)O.